The predicted molar refractivity (Wildman–Crippen MR) is 80.2 cm³/mol. The minimum atomic E-state index is 0.693. The van der Waals surface area contributed by atoms with Crippen LogP contribution in [0.1, 0.15) is 11.5 Å². The third kappa shape index (κ3) is 2.63. The normalized spacial score (nSPS) is 10.8. The molecule has 1 aromatic heterocycles. The van der Waals surface area contributed by atoms with Gasteiger partial charge in [-0.05, 0) is 29.8 Å². The molecular weight excluding hydrogens is 304 g/mol. The van der Waals surface area contributed by atoms with Crippen molar-refractivity contribution in [2.75, 3.05) is 5.32 Å². The molecule has 3 rings (SSSR count). The first-order chi connectivity index (χ1) is 9.22. The van der Waals surface area contributed by atoms with Crippen LogP contribution in [0.3, 0.4) is 0 Å². The molecule has 0 unspecified atom stereocenters. The molecular formula is C15H13BrN2O. The van der Waals surface area contributed by atoms with Gasteiger partial charge < -0.3 is 9.73 Å². The Morgan fingerprint density at radius 1 is 1.21 bits per heavy atom. The minimum absolute atomic E-state index is 0.693. The Hall–Kier alpha value is -1.81. The molecule has 2 aromatic carbocycles. The average molecular weight is 317 g/mol. The molecule has 1 heterocycles. The van der Waals surface area contributed by atoms with Crippen molar-refractivity contribution in [3.63, 3.8) is 0 Å². The molecule has 0 aliphatic rings. The van der Waals surface area contributed by atoms with Crippen LogP contribution in [-0.4, -0.2) is 4.98 Å². The van der Waals surface area contributed by atoms with Gasteiger partial charge in [-0.15, -0.1) is 0 Å². The van der Waals surface area contributed by atoms with Gasteiger partial charge in [0.1, 0.15) is 5.52 Å². The summed E-state index contributed by atoms with van der Waals surface area (Å²) in [7, 11) is 0. The van der Waals surface area contributed by atoms with E-state index in [0.29, 0.717) is 5.89 Å². The molecule has 1 N–H and O–H groups in total. The van der Waals surface area contributed by atoms with Crippen LogP contribution in [0.5, 0.6) is 0 Å². The van der Waals surface area contributed by atoms with E-state index in [0.717, 1.165) is 27.8 Å². The lowest BCUT2D eigenvalue weighted by molar-refractivity contribution is 0.561. The molecule has 96 valence electrons. The van der Waals surface area contributed by atoms with Gasteiger partial charge in [0.05, 0.1) is 0 Å². The Morgan fingerprint density at radius 2 is 2.05 bits per heavy atom. The number of hydrogen-bond acceptors (Lipinski definition) is 3. The summed E-state index contributed by atoms with van der Waals surface area (Å²) in [6.45, 7) is 2.62. The summed E-state index contributed by atoms with van der Waals surface area (Å²) in [5.74, 6) is 0.693. The first-order valence-corrected chi connectivity index (χ1v) is 6.86. The number of nitrogens with one attached hydrogen (secondary N) is 1. The van der Waals surface area contributed by atoms with Gasteiger partial charge in [-0.1, -0.05) is 34.1 Å². The summed E-state index contributed by atoms with van der Waals surface area (Å²) in [6, 6.07) is 14.1. The number of aryl methyl sites for hydroxylation is 1. The van der Waals surface area contributed by atoms with Crippen LogP contribution in [0.2, 0.25) is 0 Å². The zero-order valence-corrected chi connectivity index (χ0v) is 12.1. The lowest BCUT2D eigenvalue weighted by Gasteiger charge is -2.07. The number of fused-ring (bicyclic) bond motifs is 1. The second-order valence-electron chi connectivity index (χ2n) is 4.36. The lowest BCUT2D eigenvalue weighted by atomic mass is 10.2. The van der Waals surface area contributed by atoms with Crippen molar-refractivity contribution in [1.82, 2.24) is 4.98 Å². The minimum Gasteiger partial charge on any atom is -0.441 e. The summed E-state index contributed by atoms with van der Waals surface area (Å²) < 4.78 is 6.57. The second-order valence-corrected chi connectivity index (χ2v) is 5.21. The van der Waals surface area contributed by atoms with Crippen LogP contribution in [-0.2, 0) is 6.54 Å². The maximum absolute atomic E-state index is 5.46. The van der Waals surface area contributed by atoms with E-state index >= 15 is 0 Å². The molecule has 0 bridgehead atoms. The van der Waals surface area contributed by atoms with Crippen molar-refractivity contribution in [2.24, 2.45) is 0 Å². The standard InChI is InChI=1S/C15H13BrN2O/c1-10-18-14-8-12(6-7-15(14)19-10)17-9-11-4-2-3-5-13(11)16/h2-8,17H,9H2,1H3. The van der Waals surface area contributed by atoms with Crippen LogP contribution < -0.4 is 5.32 Å². The summed E-state index contributed by atoms with van der Waals surface area (Å²) in [6.07, 6.45) is 0. The maximum atomic E-state index is 5.46. The van der Waals surface area contributed by atoms with E-state index in [1.807, 2.05) is 43.3 Å². The van der Waals surface area contributed by atoms with Gasteiger partial charge in [-0.2, -0.15) is 0 Å². The fraction of sp³-hybridized carbons (Fsp3) is 0.133. The van der Waals surface area contributed by atoms with Crippen molar-refractivity contribution in [3.05, 3.63) is 58.4 Å². The fourth-order valence-electron chi connectivity index (χ4n) is 1.99. The summed E-state index contributed by atoms with van der Waals surface area (Å²) >= 11 is 3.55. The molecule has 0 saturated carbocycles. The molecule has 19 heavy (non-hydrogen) atoms. The van der Waals surface area contributed by atoms with Gasteiger partial charge >= 0.3 is 0 Å². The topological polar surface area (TPSA) is 38.1 Å². The molecule has 0 amide bonds. The zero-order valence-electron chi connectivity index (χ0n) is 10.5. The first-order valence-electron chi connectivity index (χ1n) is 6.07. The Labute approximate surface area is 119 Å². The number of halogens is 1. The van der Waals surface area contributed by atoms with Crippen molar-refractivity contribution in [3.8, 4) is 0 Å². The second kappa shape index (κ2) is 5.05. The molecule has 0 aliphatic heterocycles. The number of rotatable bonds is 3. The van der Waals surface area contributed by atoms with Crippen LogP contribution in [0.4, 0.5) is 5.69 Å². The molecule has 0 atom stereocenters. The van der Waals surface area contributed by atoms with E-state index in [1.54, 1.807) is 0 Å². The number of oxazole rings is 1. The molecule has 0 aliphatic carbocycles. The molecule has 3 nitrogen and oxygen atoms in total. The Kier molecular flexibility index (Phi) is 3.25. The monoisotopic (exact) mass is 316 g/mol. The fourth-order valence-corrected chi connectivity index (χ4v) is 2.42. The Balaban J connectivity index is 1.80. The number of nitrogens with zero attached hydrogens (tertiary/aromatic N) is 1. The van der Waals surface area contributed by atoms with Crippen LogP contribution in [0.15, 0.2) is 51.4 Å². The molecule has 3 aromatic rings. The quantitative estimate of drug-likeness (QED) is 0.772. The SMILES string of the molecule is Cc1nc2cc(NCc3ccccc3Br)ccc2o1. The molecule has 0 fully saturated rings. The first kappa shape index (κ1) is 12.2. The van der Waals surface area contributed by atoms with Crippen LogP contribution in [0.25, 0.3) is 11.1 Å². The number of hydrogen-bond donors (Lipinski definition) is 1. The molecule has 0 radical (unpaired) electrons. The van der Waals surface area contributed by atoms with Gasteiger partial charge in [-0.3, -0.25) is 0 Å². The maximum Gasteiger partial charge on any atom is 0.192 e. The van der Waals surface area contributed by atoms with Crippen LogP contribution in [0, 0.1) is 6.92 Å². The van der Waals surface area contributed by atoms with Crippen molar-refractivity contribution in [1.29, 1.82) is 0 Å². The van der Waals surface area contributed by atoms with E-state index in [9.17, 15) is 0 Å². The Morgan fingerprint density at radius 3 is 2.89 bits per heavy atom. The number of anilines is 1. The highest BCUT2D eigenvalue weighted by Crippen LogP contribution is 2.21. The highest BCUT2D eigenvalue weighted by Gasteiger charge is 2.03. The molecule has 0 saturated heterocycles. The molecule has 4 heteroatoms. The number of benzene rings is 2. The van der Waals surface area contributed by atoms with E-state index < -0.39 is 0 Å². The summed E-state index contributed by atoms with van der Waals surface area (Å²) in [4.78, 5) is 4.33. The van der Waals surface area contributed by atoms with Crippen molar-refractivity contribution >= 4 is 32.7 Å². The van der Waals surface area contributed by atoms with Crippen molar-refractivity contribution < 1.29 is 4.42 Å². The highest BCUT2D eigenvalue weighted by molar-refractivity contribution is 9.10. The average Bonchev–Trinajstić information content (AvgIpc) is 2.77. The van der Waals surface area contributed by atoms with E-state index in [-0.39, 0.29) is 0 Å². The summed E-state index contributed by atoms with van der Waals surface area (Å²) in [5.41, 5.74) is 3.97. The van der Waals surface area contributed by atoms with Gasteiger partial charge in [-0.25, -0.2) is 4.98 Å². The Bertz CT molecular complexity index is 721. The predicted octanol–water partition coefficient (Wildman–Crippen LogP) is 4.51. The zero-order chi connectivity index (χ0) is 13.2. The largest absolute Gasteiger partial charge is 0.441 e. The lowest BCUT2D eigenvalue weighted by Crippen LogP contribution is -1.99. The van der Waals surface area contributed by atoms with Gasteiger partial charge in [0.25, 0.3) is 0 Å². The molecule has 0 spiro atoms. The van der Waals surface area contributed by atoms with Gasteiger partial charge in [0.2, 0.25) is 0 Å². The van der Waals surface area contributed by atoms with E-state index in [1.165, 1.54) is 5.56 Å². The van der Waals surface area contributed by atoms with Gasteiger partial charge in [0.15, 0.2) is 11.5 Å². The van der Waals surface area contributed by atoms with E-state index in [2.05, 4.69) is 32.3 Å². The van der Waals surface area contributed by atoms with E-state index in [4.69, 9.17) is 4.42 Å². The smallest absolute Gasteiger partial charge is 0.192 e. The summed E-state index contributed by atoms with van der Waals surface area (Å²) in [5, 5.41) is 3.39. The van der Waals surface area contributed by atoms with Crippen molar-refractivity contribution in [2.45, 2.75) is 13.5 Å². The van der Waals surface area contributed by atoms with Crippen LogP contribution >= 0.6 is 15.9 Å². The third-order valence-corrected chi connectivity index (χ3v) is 3.71. The van der Waals surface area contributed by atoms with Gasteiger partial charge in [0, 0.05) is 23.6 Å². The highest BCUT2D eigenvalue weighted by atomic mass is 79.9. The third-order valence-electron chi connectivity index (χ3n) is 2.94. The number of aromatic nitrogens is 1.